The van der Waals surface area contributed by atoms with Crippen molar-refractivity contribution in [3.05, 3.63) is 17.7 Å². The minimum Gasteiger partial charge on any atom is -0.377 e. The highest BCUT2D eigenvalue weighted by atomic mass is 16.5. The maximum atomic E-state index is 5.25. The normalized spacial score (nSPS) is 16.4. The fourth-order valence-electron chi connectivity index (χ4n) is 2.15. The van der Waals surface area contributed by atoms with Crippen molar-refractivity contribution < 1.29 is 4.74 Å². The number of aromatic nitrogens is 4. The Morgan fingerprint density at radius 3 is 2.78 bits per heavy atom. The Balaban J connectivity index is 2.17. The Morgan fingerprint density at radius 2 is 2.22 bits per heavy atom. The molecule has 3 rings (SSSR count). The summed E-state index contributed by atoms with van der Waals surface area (Å²) in [5, 5.41) is 5.74. The standard InChI is InChI=1S/C13H18N4O/c1-4-11-10-5-14-12(8(2)3)15-13(10)17(16-11)9-6-18-7-9/h5,8-9H,4,6-7H2,1-3H3. The smallest absolute Gasteiger partial charge is 0.162 e. The lowest BCUT2D eigenvalue weighted by Gasteiger charge is -2.26. The summed E-state index contributed by atoms with van der Waals surface area (Å²) in [6.45, 7) is 7.80. The predicted octanol–water partition coefficient (Wildman–Crippen LogP) is 2.08. The van der Waals surface area contributed by atoms with Crippen LogP contribution in [0.15, 0.2) is 6.20 Å². The van der Waals surface area contributed by atoms with Crippen LogP contribution in [0.5, 0.6) is 0 Å². The fraction of sp³-hybridized carbons (Fsp3) is 0.615. The summed E-state index contributed by atoms with van der Waals surface area (Å²) in [7, 11) is 0. The molecule has 1 aliphatic rings. The summed E-state index contributed by atoms with van der Waals surface area (Å²) in [5.41, 5.74) is 2.03. The van der Waals surface area contributed by atoms with Gasteiger partial charge in [-0.1, -0.05) is 20.8 Å². The van der Waals surface area contributed by atoms with Crippen LogP contribution in [0.4, 0.5) is 0 Å². The average Bonchev–Trinajstić information content (AvgIpc) is 2.65. The van der Waals surface area contributed by atoms with Gasteiger partial charge in [-0.15, -0.1) is 0 Å². The van der Waals surface area contributed by atoms with Crippen LogP contribution in [0.2, 0.25) is 0 Å². The van der Waals surface area contributed by atoms with E-state index >= 15 is 0 Å². The summed E-state index contributed by atoms with van der Waals surface area (Å²) in [6.07, 6.45) is 2.82. The van der Waals surface area contributed by atoms with Gasteiger partial charge in [0, 0.05) is 12.1 Å². The number of ether oxygens (including phenoxy) is 1. The molecule has 1 aliphatic heterocycles. The molecule has 5 nitrogen and oxygen atoms in total. The SMILES string of the molecule is CCc1nn(C2COC2)c2nc(C(C)C)ncc12. The van der Waals surface area contributed by atoms with Gasteiger partial charge < -0.3 is 4.74 Å². The van der Waals surface area contributed by atoms with Gasteiger partial charge in [0.25, 0.3) is 0 Å². The van der Waals surface area contributed by atoms with E-state index < -0.39 is 0 Å². The van der Waals surface area contributed by atoms with E-state index in [1.165, 1.54) is 0 Å². The third-order valence-corrected chi connectivity index (χ3v) is 3.36. The second-order valence-electron chi connectivity index (χ2n) is 5.06. The number of aryl methyl sites for hydroxylation is 1. The Kier molecular flexibility index (Phi) is 2.78. The molecule has 18 heavy (non-hydrogen) atoms. The molecule has 96 valence electrons. The van der Waals surface area contributed by atoms with E-state index in [1.807, 2.05) is 10.9 Å². The third-order valence-electron chi connectivity index (χ3n) is 3.36. The first-order valence-electron chi connectivity index (χ1n) is 6.52. The molecular formula is C13H18N4O. The van der Waals surface area contributed by atoms with E-state index in [-0.39, 0.29) is 0 Å². The number of hydrogen-bond acceptors (Lipinski definition) is 4. The molecule has 2 aromatic heterocycles. The summed E-state index contributed by atoms with van der Waals surface area (Å²) in [6, 6.07) is 0.336. The van der Waals surface area contributed by atoms with Crippen LogP contribution >= 0.6 is 0 Å². The number of fused-ring (bicyclic) bond motifs is 1. The molecule has 0 amide bonds. The van der Waals surface area contributed by atoms with Crippen LogP contribution in [0.3, 0.4) is 0 Å². The number of nitrogens with zero attached hydrogens (tertiary/aromatic N) is 4. The highest BCUT2D eigenvalue weighted by Gasteiger charge is 2.25. The molecule has 1 saturated heterocycles. The molecule has 0 spiro atoms. The molecule has 3 heterocycles. The molecule has 0 N–H and O–H groups in total. The Hall–Kier alpha value is -1.49. The van der Waals surface area contributed by atoms with Crippen LogP contribution < -0.4 is 0 Å². The van der Waals surface area contributed by atoms with E-state index in [0.29, 0.717) is 12.0 Å². The highest BCUT2D eigenvalue weighted by Crippen LogP contribution is 2.25. The van der Waals surface area contributed by atoms with Gasteiger partial charge in [-0.25, -0.2) is 14.6 Å². The molecule has 0 aromatic carbocycles. The molecule has 1 fully saturated rings. The zero-order valence-electron chi connectivity index (χ0n) is 11.1. The average molecular weight is 246 g/mol. The Labute approximate surface area is 106 Å². The van der Waals surface area contributed by atoms with Crippen molar-refractivity contribution >= 4 is 11.0 Å². The summed E-state index contributed by atoms with van der Waals surface area (Å²) < 4.78 is 7.27. The number of hydrogen-bond donors (Lipinski definition) is 0. The van der Waals surface area contributed by atoms with Crippen molar-refractivity contribution in [3.8, 4) is 0 Å². The van der Waals surface area contributed by atoms with Crippen LogP contribution in [0.1, 0.15) is 44.2 Å². The third kappa shape index (κ3) is 1.70. The summed E-state index contributed by atoms with van der Waals surface area (Å²) in [4.78, 5) is 9.12. The molecule has 5 heteroatoms. The van der Waals surface area contributed by atoms with Gasteiger partial charge in [-0.3, -0.25) is 0 Å². The van der Waals surface area contributed by atoms with Crippen molar-refractivity contribution in [1.82, 2.24) is 19.7 Å². The van der Waals surface area contributed by atoms with Gasteiger partial charge in [0.15, 0.2) is 5.65 Å². The van der Waals surface area contributed by atoms with Gasteiger partial charge in [-0.2, -0.15) is 5.10 Å². The first-order chi connectivity index (χ1) is 8.70. The van der Waals surface area contributed by atoms with E-state index in [1.54, 1.807) is 0 Å². The molecule has 0 atom stereocenters. The van der Waals surface area contributed by atoms with Crippen molar-refractivity contribution in [1.29, 1.82) is 0 Å². The lowest BCUT2D eigenvalue weighted by Crippen LogP contribution is -2.31. The summed E-state index contributed by atoms with van der Waals surface area (Å²) >= 11 is 0. The molecule has 0 saturated carbocycles. The molecule has 0 radical (unpaired) electrons. The summed E-state index contributed by atoms with van der Waals surface area (Å²) in [5.74, 6) is 1.21. The quantitative estimate of drug-likeness (QED) is 0.832. The largest absolute Gasteiger partial charge is 0.377 e. The minimum atomic E-state index is 0.334. The molecular weight excluding hydrogens is 228 g/mol. The van der Waals surface area contributed by atoms with Crippen LogP contribution in [0.25, 0.3) is 11.0 Å². The molecule has 2 aromatic rings. The van der Waals surface area contributed by atoms with Gasteiger partial charge in [0.1, 0.15) is 11.9 Å². The first-order valence-corrected chi connectivity index (χ1v) is 6.52. The lowest BCUT2D eigenvalue weighted by molar-refractivity contribution is -0.0270. The Bertz CT molecular complexity index is 572. The molecule has 0 bridgehead atoms. The molecule has 0 unspecified atom stereocenters. The molecule has 0 aliphatic carbocycles. The number of rotatable bonds is 3. The topological polar surface area (TPSA) is 52.8 Å². The van der Waals surface area contributed by atoms with Crippen LogP contribution in [0, 0.1) is 0 Å². The highest BCUT2D eigenvalue weighted by molar-refractivity contribution is 5.77. The fourth-order valence-corrected chi connectivity index (χ4v) is 2.15. The van der Waals surface area contributed by atoms with Gasteiger partial charge in [0.05, 0.1) is 24.3 Å². The van der Waals surface area contributed by atoms with Crippen molar-refractivity contribution in [2.24, 2.45) is 0 Å². The minimum absolute atomic E-state index is 0.334. The van der Waals surface area contributed by atoms with E-state index in [0.717, 1.165) is 42.2 Å². The monoisotopic (exact) mass is 246 g/mol. The zero-order chi connectivity index (χ0) is 12.7. The van der Waals surface area contributed by atoms with Gasteiger partial charge >= 0.3 is 0 Å². The van der Waals surface area contributed by atoms with Crippen molar-refractivity contribution in [2.45, 2.75) is 39.2 Å². The second-order valence-corrected chi connectivity index (χ2v) is 5.06. The first kappa shape index (κ1) is 11.6. The van der Waals surface area contributed by atoms with Gasteiger partial charge in [0.2, 0.25) is 0 Å². The maximum Gasteiger partial charge on any atom is 0.162 e. The van der Waals surface area contributed by atoms with E-state index in [2.05, 4.69) is 35.8 Å². The van der Waals surface area contributed by atoms with Crippen molar-refractivity contribution in [3.63, 3.8) is 0 Å². The predicted molar refractivity (Wildman–Crippen MR) is 68.6 cm³/mol. The Morgan fingerprint density at radius 1 is 1.44 bits per heavy atom. The zero-order valence-corrected chi connectivity index (χ0v) is 11.1. The maximum absolute atomic E-state index is 5.25. The van der Waals surface area contributed by atoms with Crippen LogP contribution in [-0.2, 0) is 11.2 Å². The second kappa shape index (κ2) is 4.31. The van der Waals surface area contributed by atoms with E-state index in [4.69, 9.17) is 4.74 Å². The van der Waals surface area contributed by atoms with E-state index in [9.17, 15) is 0 Å². The lowest BCUT2D eigenvalue weighted by atomic mass is 10.2. The van der Waals surface area contributed by atoms with Crippen LogP contribution in [-0.4, -0.2) is 33.0 Å². The van der Waals surface area contributed by atoms with Gasteiger partial charge in [-0.05, 0) is 6.42 Å². The van der Waals surface area contributed by atoms with Crippen molar-refractivity contribution in [2.75, 3.05) is 13.2 Å².